The van der Waals surface area contributed by atoms with Crippen LogP contribution in [0.4, 0.5) is 0 Å². The minimum atomic E-state index is -0.0305. The number of nitrogens with zero attached hydrogens (tertiary/aromatic N) is 3. The van der Waals surface area contributed by atoms with Gasteiger partial charge in [0.05, 0.1) is 23.2 Å². The van der Waals surface area contributed by atoms with Gasteiger partial charge in [-0.15, -0.1) is 0 Å². The summed E-state index contributed by atoms with van der Waals surface area (Å²) in [7, 11) is 0. The SMILES string of the molecule is O=C(N[C@H]1CC[C@H](CCN2C3C=CC2c2ccccc23)CC1)c1cccc2nccnc12. The Balaban J connectivity index is 1.02. The molecule has 3 aliphatic rings. The Morgan fingerprint density at radius 3 is 2.38 bits per heavy atom. The Hall–Kier alpha value is -3.05. The lowest BCUT2D eigenvalue weighted by Crippen LogP contribution is -2.38. The molecule has 1 aromatic heterocycles. The molecule has 2 atom stereocenters. The third kappa shape index (κ3) is 3.41. The zero-order valence-corrected chi connectivity index (χ0v) is 18.2. The second-order valence-electron chi connectivity index (χ2n) is 9.35. The number of hydrogen-bond donors (Lipinski definition) is 1. The second kappa shape index (κ2) is 8.14. The quantitative estimate of drug-likeness (QED) is 0.587. The Morgan fingerprint density at radius 2 is 1.62 bits per heavy atom. The Morgan fingerprint density at radius 1 is 0.906 bits per heavy atom. The molecule has 2 bridgehead atoms. The first-order valence-electron chi connectivity index (χ1n) is 11.8. The van der Waals surface area contributed by atoms with Gasteiger partial charge in [0.15, 0.2) is 0 Å². The van der Waals surface area contributed by atoms with E-state index in [9.17, 15) is 4.79 Å². The molecule has 0 saturated heterocycles. The fraction of sp³-hybridized carbons (Fsp3) is 0.370. The van der Waals surface area contributed by atoms with Crippen molar-refractivity contribution in [1.29, 1.82) is 0 Å². The number of hydrogen-bond acceptors (Lipinski definition) is 4. The van der Waals surface area contributed by atoms with Crippen molar-refractivity contribution >= 4 is 16.9 Å². The van der Waals surface area contributed by atoms with Crippen molar-refractivity contribution in [3.63, 3.8) is 0 Å². The fourth-order valence-corrected chi connectivity index (χ4v) is 5.86. The van der Waals surface area contributed by atoms with E-state index in [4.69, 9.17) is 0 Å². The second-order valence-corrected chi connectivity index (χ2v) is 9.35. The van der Waals surface area contributed by atoms with Gasteiger partial charge in [-0.25, -0.2) is 0 Å². The van der Waals surface area contributed by atoms with E-state index in [0.29, 0.717) is 23.2 Å². The summed E-state index contributed by atoms with van der Waals surface area (Å²) in [5, 5.41) is 3.25. The molecule has 32 heavy (non-hydrogen) atoms. The molecule has 2 unspecified atom stereocenters. The lowest BCUT2D eigenvalue weighted by molar-refractivity contribution is 0.0920. The summed E-state index contributed by atoms with van der Waals surface area (Å²) in [6, 6.07) is 15.7. The number of aromatic nitrogens is 2. The average molecular weight is 425 g/mol. The van der Waals surface area contributed by atoms with Gasteiger partial charge in [0.25, 0.3) is 5.91 Å². The summed E-state index contributed by atoms with van der Waals surface area (Å²) in [4.78, 5) is 24.2. The van der Waals surface area contributed by atoms with Gasteiger partial charge < -0.3 is 5.32 Å². The highest BCUT2D eigenvalue weighted by Crippen LogP contribution is 2.48. The monoisotopic (exact) mass is 424 g/mol. The van der Waals surface area contributed by atoms with Crippen LogP contribution in [0.1, 0.15) is 65.7 Å². The fourth-order valence-electron chi connectivity index (χ4n) is 5.86. The van der Waals surface area contributed by atoms with Crippen LogP contribution in [-0.2, 0) is 0 Å². The van der Waals surface area contributed by atoms with Crippen LogP contribution in [0.15, 0.2) is 67.0 Å². The van der Waals surface area contributed by atoms with Crippen molar-refractivity contribution in [1.82, 2.24) is 20.2 Å². The predicted octanol–water partition coefficient (Wildman–Crippen LogP) is 4.98. The maximum absolute atomic E-state index is 12.9. The molecule has 3 aromatic rings. The molecular weight excluding hydrogens is 396 g/mol. The Bertz CT molecular complexity index is 1140. The first-order chi connectivity index (χ1) is 15.8. The summed E-state index contributed by atoms with van der Waals surface area (Å²) in [5.74, 6) is 0.715. The van der Waals surface area contributed by atoms with E-state index >= 15 is 0 Å². The molecule has 1 amide bonds. The Kier molecular flexibility index (Phi) is 4.99. The van der Waals surface area contributed by atoms with E-state index in [-0.39, 0.29) is 11.9 Å². The van der Waals surface area contributed by atoms with Crippen LogP contribution in [-0.4, -0.2) is 33.4 Å². The van der Waals surface area contributed by atoms with Crippen LogP contribution in [0.3, 0.4) is 0 Å². The summed E-state index contributed by atoms with van der Waals surface area (Å²) in [5.41, 5.74) is 5.04. The maximum Gasteiger partial charge on any atom is 0.253 e. The predicted molar refractivity (Wildman–Crippen MR) is 125 cm³/mol. The van der Waals surface area contributed by atoms with Crippen LogP contribution in [0.2, 0.25) is 0 Å². The first-order valence-corrected chi connectivity index (χ1v) is 11.8. The molecule has 2 aliphatic heterocycles. The van der Waals surface area contributed by atoms with Gasteiger partial charge in [-0.2, -0.15) is 0 Å². The number of benzene rings is 2. The highest BCUT2D eigenvalue weighted by Gasteiger charge is 2.39. The van der Waals surface area contributed by atoms with Crippen molar-refractivity contribution in [3.05, 3.63) is 83.7 Å². The molecule has 2 aromatic carbocycles. The Labute approximate surface area is 188 Å². The van der Waals surface area contributed by atoms with Crippen molar-refractivity contribution in [2.24, 2.45) is 5.92 Å². The number of carbonyl (C=O) groups is 1. The topological polar surface area (TPSA) is 58.1 Å². The summed E-state index contributed by atoms with van der Waals surface area (Å²) in [6.45, 7) is 1.15. The molecule has 5 heteroatoms. The highest BCUT2D eigenvalue weighted by atomic mass is 16.1. The maximum atomic E-state index is 12.9. The number of para-hydroxylation sites is 1. The van der Waals surface area contributed by atoms with E-state index in [1.165, 1.54) is 30.4 Å². The third-order valence-corrected chi connectivity index (χ3v) is 7.54. The van der Waals surface area contributed by atoms with Crippen molar-refractivity contribution < 1.29 is 4.79 Å². The number of carbonyl (C=O) groups excluding carboxylic acids is 1. The molecule has 1 fully saturated rings. The van der Waals surface area contributed by atoms with Crippen LogP contribution in [0.25, 0.3) is 11.0 Å². The van der Waals surface area contributed by atoms with Gasteiger partial charge in [-0.1, -0.05) is 42.5 Å². The molecule has 0 radical (unpaired) electrons. The zero-order valence-electron chi connectivity index (χ0n) is 18.2. The van der Waals surface area contributed by atoms with Gasteiger partial charge in [0, 0.05) is 25.0 Å². The lowest BCUT2D eigenvalue weighted by atomic mass is 9.84. The minimum absolute atomic E-state index is 0.0305. The van der Waals surface area contributed by atoms with E-state index in [1.54, 1.807) is 12.4 Å². The lowest BCUT2D eigenvalue weighted by Gasteiger charge is -2.31. The number of rotatable bonds is 5. The minimum Gasteiger partial charge on any atom is -0.349 e. The summed E-state index contributed by atoms with van der Waals surface area (Å²) in [6.07, 6.45) is 13.8. The number of nitrogens with one attached hydrogen (secondary N) is 1. The molecule has 162 valence electrons. The molecule has 1 N–H and O–H groups in total. The summed E-state index contributed by atoms with van der Waals surface area (Å²) >= 11 is 0. The van der Waals surface area contributed by atoms with Gasteiger partial charge in [0.1, 0.15) is 5.52 Å². The van der Waals surface area contributed by atoms with Crippen molar-refractivity contribution in [2.45, 2.75) is 50.2 Å². The molecular formula is C27H28N4O. The van der Waals surface area contributed by atoms with Crippen molar-refractivity contribution in [3.8, 4) is 0 Å². The van der Waals surface area contributed by atoms with E-state index in [1.807, 2.05) is 18.2 Å². The highest BCUT2D eigenvalue weighted by molar-refractivity contribution is 6.04. The molecule has 5 nitrogen and oxygen atoms in total. The number of fused-ring (bicyclic) bond motifs is 6. The van der Waals surface area contributed by atoms with Crippen LogP contribution in [0.5, 0.6) is 0 Å². The average Bonchev–Trinajstić information content (AvgIpc) is 3.39. The van der Waals surface area contributed by atoms with Gasteiger partial charge in [0.2, 0.25) is 0 Å². The van der Waals surface area contributed by atoms with Crippen molar-refractivity contribution in [2.75, 3.05) is 6.54 Å². The summed E-state index contributed by atoms with van der Waals surface area (Å²) < 4.78 is 0. The smallest absolute Gasteiger partial charge is 0.253 e. The van der Waals surface area contributed by atoms with E-state index in [0.717, 1.165) is 30.8 Å². The molecule has 1 aliphatic carbocycles. The normalized spacial score (nSPS) is 26.4. The third-order valence-electron chi connectivity index (χ3n) is 7.54. The first kappa shape index (κ1) is 19.6. The van der Waals surface area contributed by atoms with E-state index < -0.39 is 0 Å². The molecule has 1 saturated carbocycles. The van der Waals surface area contributed by atoms with Crippen LogP contribution < -0.4 is 5.32 Å². The molecule has 3 heterocycles. The van der Waals surface area contributed by atoms with Gasteiger partial charge in [-0.05, 0) is 61.3 Å². The number of amides is 1. The van der Waals surface area contributed by atoms with Gasteiger partial charge in [-0.3, -0.25) is 19.7 Å². The van der Waals surface area contributed by atoms with Crippen LogP contribution >= 0.6 is 0 Å². The van der Waals surface area contributed by atoms with Gasteiger partial charge >= 0.3 is 0 Å². The largest absolute Gasteiger partial charge is 0.349 e. The van der Waals surface area contributed by atoms with Crippen LogP contribution in [0, 0.1) is 5.92 Å². The molecule has 6 rings (SSSR count). The standard InChI is InChI=1S/C27H28N4O/c32-27(22-6-3-7-23-26(22)29-16-15-28-23)30-19-10-8-18(9-11-19)14-17-31-24-12-13-25(31)21-5-2-1-4-20(21)24/h1-7,12-13,15-16,18-19,24-25H,8-11,14,17H2,(H,30,32)/t18-,19-,24?,25?. The van der Waals surface area contributed by atoms with E-state index in [2.05, 4.69) is 56.6 Å². The molecule has 0 spiro atoms. The zero-order chi connectivity index (χ0) is 21.5.